The molecule has 0 spiro atoms. The van der Waals surface area contributed by atoms with Crippen molar-refractivity contribution >= 4 is 29.9 Å². The molecule has 1 aliphatic rings. The number of benzene rings is 1. The van der Waals surface area contributed by atoms with E-state index in [9.17, 15) is 0 Å². The molecular weight excluding hydrogens is 409 g/mol. The summed E-state index contributed by atoms with van der Waals surface area (Å²) in [5, 5.41) is 6.65. The molecule has 0 bridgehead atoms. The van der Waals surface area contributed by atoms with Gasteiger partial charge in [0.2, 0.25) is 5.75 Å². The van der Waals surface area contributed by atoms with Gasteiger partial charge in [-0.2, -0.15) is 0 Å². The van der Waals surface area contributed by atoms with Gasteiger partial charge in [-0.1, -0.05) is 0 Å². The first kappa shape index (κ1) is 19.7. The predicted octanol–water partition coefficient (Wildman–Crippen LogP) is 2.55. The second-order valence-corrected chi connectivity index (χ2v) is 5.11. The zero-order valence-electron chi connectivity index (χ0n) is 14.1. The lowest BCUT2D eigenvalue weighted by Gasteiger charge is -2.15. The maximum atomic E-state index is 5.48. The highest BCUT2D eigenvalue weighted by Crippen LogP contribution is 2.39. The quantitative estimate of drug-likeness (QED) is 0.392. The Morgan fingerprint density at radius 1 is 1.13 bits per heavy atom. The molecule has 0 aromatic heterocycles. The van der Waals surface area contributed by atoms with E-state index in [-0.39, 0.29) is 24.0 Å². The summed E-state index contributed by atoms with van der Waals surface area (Å²) >= 11 is 0. The third kappa shape index (κ3) is 5.33. The monoisotopic (exact) mass is 435 g/mol. The van der Waals surface area contributed by atoms with Crippen LogP contribution in [0.25, 0.3) is 0 Å². The summed E-state index contributed by atoms with van der Waals surface area (Å²) in [6.07, 6.45) is 2.42. The maximum absolute atomic E-state index is 5.48. The lowest BCUT2D eigenvalue weighted by Crippen LogP contribution is -2.38. The normalized spacial score (nSPS) is 13.8. The lowest BCUT2D eigenvalue weighted by atomic mass is 10.1. The van der Waals surface area contributed by atoms with Gasteiger partial charge in [-0.05, 0) is 31.9 Å². The van der Waals surface area contributed by atoms with E-state index in [1.807, 2.05) is 12.1 Å². The highest BCUT2D eigenvalue weighted by Gasteiger charge is 2.22. The summed E-state index contributed by atoms with van der Waals surface area (Å²) in [6.45, 7) is 3.40. The van der Waals surface area contributed by atoms with Crippen LogP contribution in [-0.2, 0) is 6.54 Å². The van der Waals surface area contributed by atoms with Crippen LogP contribution >= 0.6 is 24.0 Å². The molecule has 1 saturated carbocycles. The number of hydrogen-bond donors (Lipinski definition) is 2. The predicted molar refractivity (Wildman–Crippen MR) is 102 cm³/mol. The van der Waals surface area contributed by atoms with E-state index < -0.39 is 0 Å². The van der Waals surface area contributed by atoms with Crippen molar-refractivity contribution in [1.82, 2.24) is 10.6 Å². The SMILES string of the molecule is CCNC(=NCc1ccc(OC)c(OC)c1OC)NC1CC1.I. The van der Waals surface area contributed by atoms with Gasteiger partial charge in [0, 0.05) is 18.2 Å². The Balaban J connectivity index is 0.00000264. The molecule has 0 amide bonds. The van der Waals surface area contributed by atoms with E-state index in [4.69, 9.17) is 14.2 Å². The molecule has 2 rings (SSSR count). The van der Waals surface area contributed by atoms with Gasteiger partial charge in [0.1, 0.15) is 0 Å². The highest BCUT2D eigenvalue weighted by atomic mass is 127. The molecule has 0 heterocycles. The molecular formula is C16H26IN3O3. The minimum absolute atomic E-state index is 0. The first-order chi connectivity index (χ1) is 10.7. The van der Waals surface area contributed by atoms with Crippen LogP contribution in [0.5, 0.6) is 17.2 Å². The fraction of sp³-hybridized carbons (Fsp3) is 0.562. The van der Waals surface area contributed by atoms with Gasteiger partial charge >= 0.3 is 0 Å². The zero-order chi connectivity index (χ0) is 15.9. The van der Waals surface area contributed by atoms with Crippen LogP contribution in [0, 0.1) is 0 Å². The smallest absolute Gasteiger partial charge is 0.203 e. The Hall–Kier alpha value is -1.38. The van der Waals surface area contributed by atoms with Crippen molar-refractivity contribution in [3.8, 4) is 17.2 Å². The minimum atomic E-state index is 0. The average molecular weight is 435 g/mol. The second-order valence-electron chi connectivity index (χ2n) is 5.11. The molecule has 23 heavy (non-hydrogen) atoms. The van der Waals surface area contributed by atoms with E-state index >= 15 is 0 Å². The summed E-state index contributed by atoms with van der Waals surface area (Å²) in [5.41, 5.74) is 0.952. The fourth-order valence-electron chi connectivity index (χ4n) is 2.19. The number of rotatable bonds is 7. The van der Waals surface area contributed by atoms with Gasteiger partial charge in [0.25, 0.3) is 0 Å². The van der Waals surface area contributed by atoms with E-state index in [2.05, 4.69) is 22.5 Å². The summed E-state index contributed by atoms with van der Waals surface area (Å²) in [5.74, 6) is 2.74. The van der Waals surface area contributed by atoms with E-state index in [1.54, 1.807) is 21.3 Å². The molecule has 0 atom stereocenters. The zero-order valence-corrected chi connectivity index (χ0v) is 16.5. The lowest BCUT2D eigenvalue weighted by molar-refractivity contribution is 0.322. The van der Waals surface area contributed by atoms with Crippen molar-refractivity contribution in [2.45, 2.75) is 32.4 Å². The average Bonchev–Trinajstić information content (AvgIpc) is 3.35. The summed E-state index contributed by atoms with van der Waals surface area (Å²) in [6, 6.07) is 4.38. The van der Waals surface area contributed by atoms with E-state index in [0.29, 0.717) is 29.8 Å². The first-order valence-corrected chi connectivity index (χ1v) is 7.56. The Morgan fingerprint density at radius 3 is 2.35 bits per heavy atom. The van der Waals surface area contributed by atoms with Crippen LogP contribution in [0.2, 0.25) is 0 Å². The molecule has 2 N–H and O–H groups in total. The number of nitrogens with zero attached hydrogens (tertiary/aromatic N) is 1. The summed E-state index contributed by atoms with van der Waals surface area (Å²) < 4.78 is 16.2. The third-order valence-corrected chi connectivity index (χ3v) is 3.46. The number of nitrogens with one attached hydrogen (secondary N) is 2. The fourth-order valence-corrected chi connectivity index (χ4v) is 2.19. The van der Waals surface area contributed by atoms with Crippen molar-refractivity contribution < 1.29 is 14.2 Å². The number of methoxy groups -OCH3 is 3. The number of aliphatic imine (C=N–C) groups is 1. The van der Waals surface area contributed by atoms with Crippen LogP contribution < -0.4 is 24.8 Å². The van der Waals surface area contributed by atoms with Crippen molar-refractivity contribution in [2.24, 2.45) is 4.99 Å². The molecule has 0 unspecified atom stereocenters. The Bertz CT molecular complexity index is 534. The van der Waals surface area contributed by atoms with Gasteiger partial charge < -0.3 is 24.8 Å². The van der Waals surface area contributed by atoms with Crippen LogP contribution in [0.1, 0.15) is 25.3 Å². The number of guanidine groups is 1. The number of hydrogen-bond acceptors (Lipinski definition) is 4. The molecule has 130 valence electrons. The minimum Gasteiger partial charge on any atom is -0.493 e. The highest BCUT2D eigenvalue weighted by molar-refractivity contribution is 14.0. The van der Waals surface area contributed by atoms with Crippen molar-refractivity contribution in [3.63, 3.8) is 0 Å². The molecule has 0 radical (unpaired) electrons. The molecule has 1 aliphatic carbocycles. The maximum Gasteiger partial charge on any atom is 0.203 e. The second kappa shape index (κ2) is 9.69. The summed E-state index contributed by atoms with van der Waals surface area (Å²) in [4.78, 5) is 4.62. The van der Waals surface area contributed by atoms with Crippen LogP contribution in [0.3, 0.4) is 0 Å². The van der Waals surface area contributed by atoms with Crippen molar-refractivity contribution in [3.05, 3.63) is 17.7 Å². The molecule has 0 saturated heterocycles. The first-order valence-electron chi connectivity index (χ1n) is 7.56. The number of ether oxygens (including phenoxy) is 3. The van der Waals surface area contributed by atoms with Gasteiger partial charge in [-0.15, -0.1) is 24.0 Å². The molecule has 1 aromatic rings. The Labute approximate surface area is 155 Å². The van der Waals surface area contributed by atoms with Crippen molar-refractivity contribution in [2.75, 3.05) is 27.9 Å². The molecule has 6 nitrogen and oxygen atoms in total. The topological polar surface area (TPSA) is 64.1 Å². The van der Waals surface area contributed by atoms with Gasteiger partial charge in [0.05, 0.1) is 27.9 Å². The van der Waals surface area contributed by atoms with Gasteiger partial charge in [-0.3, -0.25) is 0 Å². The number of halogens is 1. The Kier molecular flexibility index (Phi) is 8.29. The molecule has 1 aromatic carbocycles. The molecule has 0 aliphatic heterocycles. The van der Waals surface area contributed by atoms with E-state index in [0.717, 1.165) is 18.1 Å². The largest absolute Gasteiger partial charge is 0.493 e. The van der Waals surface area contributed by atoms with Crippen LogP contribution in [0.15, 0.2) is 17.1 Å². The standard InChI is InChI=1S/C16H25N3O3.HI/c1-5-17-16(19-12-7-8-12)18-10-11-6-9-13(20-2)15(22-4)14(11)21-3;/h6,9,12H,5,7-8,10H2,1-4H3,(H2,17,18,19);1H. The van der Waals surface area contributed by atoms with Crippen LogP contribution in [0.4, 0.5) is 0 Å². The molecule has 1 fully saturated rings. The van der Waals surface area contributed by atoms with E-state index in [1.165, 1.54) is 12.8 Å². The van der Waals surface area contributed by atoms with Crippen LogP contribution in [-0.4, -0.2) is 39.9 Å². The van der Waals surface area contributed by atoms with Gasteiger partial charge in [0.15, 0.2) is 17.5 Å². The summed E-state index contributed by atoms with van der Waals surface area (Å²) in [7, 11) is 4.84. The third-order valence-electron chi connectivity index (χ3n) is 3.46. The molecule has 7 heteroatoms. The van der Waals surface area contributed by atoms with Crippen molar-refractivity contribution in [1.29, 1.82) is 0 Å². The van der Waals surface area contributed by atoms with Gasteiger partial charge in [-0.25, -0.2) is 4.99 Å². The Morgan fingerprint density at radius 2 is 1.83 bits per heavy atom.